The van der Waals surface area contributed by atoms with Gasteiger partial charge in [-0.3, -0.25) is 9.78 Å². The van der Waals surface area contributed by atoms with Crippen molar-refractivity contribution in [2.24, 2.45) is 0 Å². The van der Waals surface area contributed by atoms with Crippen molar-refractivity contribution in [3.05, 3.63) is 89.2 Å². The Balaban J connectivity index is 1.47. The molecule has 1 N–H and O–H groups in total. The average molecular weight is 432 g/mol. The number of anilines is 1. The highest BCUT2D eigenvalue weighted by Gasteiger charge is 2.14. The molecule has 0 aliphatic carbocycles. The van der Waals surface area contributed by atoms with Crippen molar-refractivity contribution in [2.75, 3.05) is 12.4 Å². The molecule has 0 fully saturated rings. The van der Waals surface area contributed by atoms with Gasteiger partial charge in [0, 0.05) is 35.1 Å². The molecule has 0 spiro atoms. The molecule has 0 unspecified atom stereocenters. The van der Waals surface area contributed by atoms with Crippen LogP contribution in [0.3, 0.4) is 0 Å². The normalized spacial score (nSPS) is 10.5. The van der Waals surface area contributed by atoms with E-state index in [1.165, 1.54) is 16.9 Å². The zero-order valence-corrected chi connectivity index (χ0v) is 18.0. The van der Waals surface area contributed by atoms with E-state index in [0.717, 1.165) is 16.1 Å². The van der Waals surface area contributed by atoms with Crippen LogP contribution in [0.2, 0.25) is 0 Å². The number of ether oxygens (including phenoxy) is 2. The van der Waals surface area contributed by atoms with Crippen LogP contribution >= 0.6 is 11.3 Å². The van der Waals surface area contributed by atoms with Gasteiger partial charge in [0.05, 0.1) is 7.11 Å². The summed E-state index contributed by atoms with van der Waals surface area (Å²) < 4.78 is 11.3. The predicted molar refractivity (Wildman–Crippen MR) is 122 cm³/mol. The molecule has 4 aromatic rings. The number of rotatable bonds is 7. The van der Waals surface area contributed by atoms with Crippen molar-refractivity contribution in [1.29, 1.82) is 0 Å². The van der Waals surface area contributed by atoms with Crippen LogP contribution in [0.15, 0.2) is 72.4 Å². The summed E-state index contributed by atoms with van der Waals surface area (Å²) in [6, 6.07) is 17.1. The van der Waals surface area contributed by atoms with Crippen molar-refractivity contribution in [1.82, 2.24) is 9.97 Å². The monoisotopic (exact) mass is 431 g/mol. The molecular formula is C24H21N3O3S. The molecule has 1 amide bonds. The van der Waals surface area contributed by atoms with Gasteiger partial charge in [-0.1, -0.05) is 29.8 Å². The highest BCUT2D eigenvalue weighted by Crippen LogP contribution is 2.31. The summed E-state index contributed by atoms with van der Waals surface area (Å²) >= 11 is 1.44. The number of methoxy groups -OCH3 is 1. The molecule has 0 atom stereocenters. The van der Waals surface area contributed by atoms with Crippen LogP contribution in [-0.4, -0.2) is 23.0 Å². The maximum absolute atomic E-state index is 12.7. The lowest BCUT2D eigenvalue weighted by Crippen LogP contribution is -2.12. The van der Waals surface area contributed by atoms with E-state index in [-0.39, 0.29) is 5.91 Å². The number of hydrogen-bond acceptors (Lipinski definition) is 6. The van der Waals surface area contributed by atoms with Gasteiger partial charge in [-0.15, -0.1) is 11.3 Å². The summed E-state index contributed by atoms with van der Waals surface area (Å²) in [5.74, 6) is 0.845. The second-order valence-corrected chi connectivity index (χ2v) is 7.73. The lowest BCUT2D eigenvalue weighted by Gasteiger charge is -2.13. The topological polar surface area (TPSA) is 73.3 Å². The van der Waals surface area contributed by atoms with Gasteiger partial charge in [-0.05, 0) is 36.8 Å². The fraction of sp³-hybridized carbons (Fsp3) is 0.125. The maximum Gasteiger partial charge on any atom is 0.275 e. The van der Waals surface area contributed by atoms with Crippen LogP contribution in [0.25, 0.3) is 10.6 Å². The third kappa shape index (κ3) is 5.07. The first-order valence-electron chi connectivity index (χ1n) is 9.66. The van der Waals surface area contributed by atoms with Gasteiger partial charge in [0.1, 0.15) is 17.3 Å². The van der Waals surface area contributed by atoms with E-state index in [2.05, 4.69) is 15.3 Å². The van der Waals surface area contributed by atoms with Crippen molar-refractivity contribution in [3.63, 3.8) is 0 Å². The van der Waals surface area contributed by atoms with Gasteiger partial charge in [-0.2, -0.15) is 0 Å². The number of nitrogens with one attached hydrogen (secondary N) is 1. The molecular weight excluding hydrogens is 410 g/mol. The van der Waals surface area contributed by atoms with E-state index in [1.807, 2.05) is 43.3 Å². The summed E-state index contributed by atoms with van der Waals surface area (Å²) in [7, 11) is 1.58. The van der Waals surface area contributed by atoms with E-state index in [1.54, 1.807) is 43.1 Å². The van der Waals surface area contributed by atoms with E-state index in [9.17, 15) is 4.79 Å². The van der Waals surface area contributed by atoms with Crippen molar-refractivity contribution >= 4 is 22.9 Å². The van der Waals surface area contributed by atoms with Gasteiger partial charge in [0.15, 0.2) is 11.5 Å². The standard InChI is InChI=1S/C24H21N3O3S/c1-16-3-5-18(6-4-16)24-27-20(15-31-24)23(28)26-19-7-8-21(29-2)22(13-19)30-14-17-9-11-25-12-10-17/h3-13,15H,14H2,1-2H3,(H,26,28). The minimum absolute atomic E-state index is 0.278. The number of carbonyl (C=O) groups is 1. The minimum Gasteiger partial charge on any atom is -0.493 e. The van der Waals surface area contributed by atoms with E-state index >= 15 is 0 Å². The number of carbonyl (C=O) groups excluding carboxylic acids is 1. The molecule has 156 valence electrons. The molecule has 2 heterocycles. The number of aromatic nitrogens is 2. The number of nitrogens with zero attached hydrogens (tertiary/aromatic N) is 2. The fourth-order valence-corrected chi connectivity index (χ4v) is 3.72. The highest BCUT2D eigenvalue weighted by atomic mass is 32.1. The second-order valence-electron chi connectivity index (χ2n) is 6.87. The zero-order valence-electron chi connectivity index (χ0n) is 17.2. The summed E-state index contributed by atoms with van der Waals surface area (Å²) in [4.78, 5) is 21.2. The van der Waals surface area contributed by atoms with Crippen LogP contribution < -0.4 is 14.8 Å². The van der Waals surface area contributed by atoms with Gasteiger partial charge >= 0.3 is 0 Å². The Bertz CT molecular complexity index is 1170. The molecule has 4 rings (SSSR count). The number of aryl methyl sites for hydroxylation is 1. The first-order valence-corrected chi connectivity index (χ1v) is 10.5. The molecule has 2 aromatic carbocycles. The van der Waals surface area contributed by atoms with E-state index < -0.39 is 0 Å². The summed E-state index contributed by atoms with van der Waals surface area (Å²) in [6.07, 6.45) is 3.43. The first-order chi connectivity index (χ1) is 15.1. The molecule has 2 aromatic heterocycles. The van der Waals surface area contributed by atoms with Crippen molar-refractivity contribution in [2.45, 2.75) is 13.5 Å². The molecule has 0 radical (unpaired) electrons. The summed E-state index contributed by atoms with van der Waals surface area (Å²) in [5, 5.41) is 5.45. The van der Waals surface area contributed by atoms with Gasteiger partial charge in [-0.25, -0.2) is 4.98 Å². The van der Waals surface area contributed by atoms with Crippen molar-refractivity contribution < 1.29 is 14.3 Å². The lowest BCUT2D eigenvalue weighted by atomic mass is 10.2. The fourth-order valence-electron chi connectivity index (χ4n) is 2.91. The number of amides is 1. The first kappa shape index (κ1) is 20.6. The minimum atomic E-state index is -0.278. The quantitative estimate of drug-likeness (QED) is 0.427. The van der Waals surface area contributed by atoms with Gasteiger partial charge in [0.25, 0.3) is 5.91 Å². The maximum atomic E-state index is 12.7. The SMILES string of the molecule is COc1ccc(NC(=O)c2csc(-c3ccc(C)cc3)n2)cc1OCc1ccncc1. The predicted octanol–water partition coefficient (Wildman–Crippen LogP) is 5.35. The molecule has 7 heteroatoms. The number of pyridine rings is 1. The molecule has 0 saturated carbocycles. The van der Waals surface area contributed by atoms with Gasteiger partial charge in [0.2, 0.25) is 0 Å². The number of hydrogen-bond donors (Lipinski definition) is 1. The van der Waals surface area contributed by atoms with Crippen LogP contribution in [0.4, 0.5) is 5.69 Å². The molecule has 0 saturated heterocycles. The molecule has 0 aliphatic rings. The molecule has 6 nitrogen and oxygen atoms in total. The molecule has 31 heavy (non-hydrogen) atoms. The van der Waals surface area contributed by atoms with Crippen LogP contribution in [0, 0.1) is 6.92 Å². The van der Waals surface area contributed by atoms with Crippen molar-refractivity contribution in [3.8, 4) is 22.1 Å². The Morgan fingerprint density at radius 1 is 1.03 bits per heavy atom. The van der Waals surface area contributed by atoms with Crippen LogP contribution in [0.5, 0.6) is 11.5 Å². The smallest absolute Gasteiger partial charge is 0.275 e. The molecule has 0 bridgehead atoms. The second kappa shape index (κ2) is 9.40. The third-order valence-corrected chi connectivity index (χ3v) is 5.49. The molecule has 0 aliphatic heterocycles. The summed E-state index contributed by atoms with van der Waals surface area (Å²) in [6.45, 7) is 2.40. The Labute approximate surface area is 184 Å². The number of thiazole rings is 1. The van der Waals surface area contributed by atoms with Gasteiger partial charge < -0.3 is 14.8 Å². The van der Waals surface area contributed by atoms with Crippen LogP contribution in [-0.2, 0) is 6.61 Å². The Morgan fingerprint density at radius 2 is 1.81 bits per heavy atom. The highest BCUT2D eigenvalue weighted by molar-refractivity contribution is 7.13. The van der Waals surface area contributed by atoms with E-state index in [0.29, 0.717) is 29.5 Å². The van der Waals surface area contributed by atoms with Crippen LogP contribution in [0.1, 0.15) is 21.6 Å². The number of benzene rings is 2. The zero-order chi connectivity index (χ0) is 21.6. The lowest BCUT2D eigenvalue weighted by molar-refractivity contribution is 0.102. The Kier molecular flexibility index (Phi) is 6.24. The average Bonchev–Trinajstić information content (AvgIpc) is 3.29. The largest absolute Gasteiger partial charge is 0.493 e. The van der Waals surface area contributed by atoms with E-state index in [4.69, 9.17) is 9.47 Å². The summed E-state index contributed by atoms with van der Waals surface area (Å²) in [5.41, 5.74) is 4.12. The third-order valence-electron chi connectivity index (χ3n) is 4.60. The Hall–Kier alpha value is -3.71. The Morgan fingerprint density at radius 3 is 2.55 bits per heavy atom.